The van der Waals surface area contributed by atoms with E-state index in [2.05, 4.69) is 13.8 Å². The molecule has 0 atom stereocenters. The standard InChI is InChI=1S/C15H23FN2O/c1-11(2)10-18(8-4-7-17)15(19)14-9-13(16)6-5-12(14)3/h5-6,9,11H,4,7-8,10,17H2,1-3H3. The third-order valence-electron chi connectivity index (χ3n) is 2.93. The molecule has 0 aliphatic rings. The molecular formula is C15H23FN2O. The highest BCUT2D eigenvalue weighted by molar-refractivity contribution is 5.95. The molecule has 0 saturated carbocycles. The molecule has 2 N–H and O–H groups in total. The van der Waals surface area contributed by atoms with Gasteiger partial charge in [0.25, 0.3) is 5.91 Å². The summed E-state index contributed by atoms with van der Waals surface area (Å²) in [6.07, 6.45) is 0.757. The molecule has 0 heterocycles. The molecule has 0 fully saturated rings. The molecular weight excluding hydrogens is 243 g/mol. The highest BCUT2D eigenvalue weighted by atomic mass is 19.1. The third-order valence-corrected chi connectivity index (χ3v) is 2.93. The molecule has 0 bridgehead atoms. The molecule has 106 valence electrons. The molecule has 0 saturated heterocycles. The van der Waals surface area contributed by atoms with Crippen molar-refractivity contribution in [2.75, 3.05) is 19.6 Å². The topological polar surface area (TPSA) is 46.3 Å². The van der Waals surface area contributed by atoms with Crippen LogP contribution in [0.2, 0.25) is 0 Å². The Hall–Kier alpha value is -1.42. The van der Waals surface area contributed by atoms with Crippen LogP contribution in [0, 0.1) is 18.7 Å². The predicted octanol–water partition coefficient (Wildman–Crippen LogP) is 2.58. The Morgan fingerprint density at radius 3 is 2.68 bits per heavy atom. The van der Waals surface area contributed by atoms with Crippen LogP contribution in [0.1, 0.15) is 36.2 Å². The second-order valence-electron chi connectivity index (χ2n) is 5.25. The van der Waals surface area contributed by atoms with Gasteiger partial charge in [-0.3, -0.25) is 4.79 Å². The first kappa shape index (κ1) is 15.6. The minimum atomic E-state index is -0.378. The van der Waals surface area contributed by atoms with E-state index in [0.29, 0.717) is 31.1 Å². The Balaban J connectivity index is 2.93. The summed E-state index contributed by atoms with van der Waals surface area (Å²) in [6, 6.07) is 4.32. The number of carbonyl (C=O) groups excluding carboxylic acids is 1. The average Bonchev–Trinajstić information content (AvgIpc) is 2.36. The molecule has 1 amide bonds. The number of carbonyl (C=O) groups is 1. The highest BCUT2D eigenvalue weighted by Gasteiger charge is 2.18. The number of rotatable bonds is 6. The summed E-state index contributed by atoms with van der Waals surface area (Å²) < 4.78 is 13.3. The Bertz CT molecular complexity index is 432. The van der Waals surface area contributed by atoms with Gasteiger partial charge in [0.05, 0.1) is 0 Å². The number of amides is 1. The fourth-order valence-electron chi connectivity index (χ4n) is 1.99. The van der Waals surface area contributed by atoms with E-state index in [1.807, 2.05) is 6.92 Å². The third kappa shape index (κ3) is 4.63. The maximum atomic E-state index is 13.3. The second-order valence-corrected chi connectivity index (χ2v) is 5.25. The SMILES string of the molecule is Cc1ccc(F)cc1C(=O)N(CCCN)CC(C)C. The number of benzene rings is 1. The van der Waals surface area contributed by atoms with Gasteiger partial charge in [0, 0.05) is 18.7 Å². The average molecular weight is 266 g/mol. The zero-order chi connectivity index (χ0) is 14.4. The molecule has 0 aliphatic heterocycles. The molecule has 1 rings (SSSR count). The largest absolute Gasteiger partial charge is 0.338 e. The summed E-state index contributed by atoms with van der Waals surface area (Å²) in [6.45, 7) is 7.76. The zero-order valence-corrected chi connectivity index (χ0v) is 11.9. The summed E-state index contributed by atoms with van der Waals surface area (Å²) in [5, 5.41) is 0. The van der Waals surface area contributed by atoms with Crippen LogP contribution in [0.4, 0.5) is 4.39 Å². The van der Waals surface area contributed by atoms with Gasteiger partial charge in [-0.05, 0) is 43.5 Å². The smallest absolute Gasteiger partial charge is 0.254 e. The van der Waals surface area contributed by atoms with Crippen molar-refractivity contribution >= 4 is 5.91 Å². The van der Waals surface area contributed by atoms with Crippen molar-refractivity contribution < 1.29 is 9.18 Å². The van der Waals surface area contributed by atoms with Gasteiger partial charge in [0.2, 0.25) is 0 Å². The van der Waals surface area contributed by atoms with E-state index < -0.39 is 0 Å². The summed E-state index contributed by atoms with van der Waals surface area (Å²) >= 11 is 0. The minimum absolute atomic E-state index is 0.112. The van der Waals surface area contributed by atoms with Gasteiger partial charge in [-0.1, -0.05) is 19.9 Å². The molecule has 4 heteroatoms. The van der Waals surface area contributed by atoms with E-state index in [-0.39, 0.29) is 11.7 Å². The van der Waals surface area contributed by atoms with Crippen molar-refractivity contribution in [3.05, 3.63) is 35.1 Å². The van der Waals surface area contributed by atoms with E-state index in [9.17, 15) is 9.18 Å². The molecule has 0 spiro atoms. The van der Waals surface area contributed by atoms with Gasteiger partial charge in [-0.25, -0.2) is 4.39 Å². The van der Waals surface area contributed by atoms with Gasteiger partial charge < -0.3 is 10.6 Å². The molecule has 1 aromatic carbocycles. The maximum Gasteiger partial charge on any atom is 0.254 e. The van der Waals surface area contributed by atoms with Crippen LogP contribution in [0.3, 0.4) is 0 Å². The second kappa shape index (κ2) is 7.24. The van der Waals surface area contributed by atoms with Crippen molar-refractivity contribution in [2.24, 2.45) is 11.7 Å². The van der Waals surface area contributed by atoms with Crippen LogP contribution in [-0.4, -0.2) is 30.4 Å². The van der Waals surface area contributed by atoms with E-state index in [1.54, 1.807) is 11.0 Å². The van der Waals surface area contributed by atoms with Gasteiger partial charge in [-0.15, -0.1) is 0 Å². The van der Waals surface area contributed by atoms with Crippen molar-refractivity contribution in [1.29, 1.82) is 0 Å². The predicted molar refractivity (Wildman–Crippen MR) is 75.5 cm³/mol. The van der Waals surface area contributed by atoms with Crippen LogP contribution in [0.25, 0.3) is 0 Å². The molecule has 19 heavy (non-hydrogen) atoms. The van der Waals surface area contributed by atoms with Gasteiger partial charge >= 0.3 is 0 Å². The quantitative estimate of drug-likeness (QED) is 0.860. The highest BCUT2D eigenvalue weighted by Crippen LogP contribution is 2.14. The van der Waals surface area contributed by atoms with Crippen LogP contribution in [0.5, 0.6) is 0 Å². The molecule has 0 radical (unpaired) electrons. The van der Waals surface area contributed by atoms with Crippen LogP contribution >= 0.6 is 0 Å². The maximum absolute atomic E-state index is 13.3. The fraction of sp³-hybridized carbons (Fsp3) is 0.533. The van der Waals surface area contributed by atoms with Gasteiger partial charge in [-0.2, -0.15) is 0 Å². The number of halogens is 1. The normalized spacial score (nSPS) is 10.8. The van der Waals surface area contributed by atoms with Gasteiger partial charge in [0.15, 0.2) is 0 Å². The molecule has 0 aliphatic carbocycles. The number of nitrogens with two attached hydrogens (primary N) is 1. The Morgan fingerprint density at radius 1 is 1.42 bits per heavy atom. The Morgan fingerprint density at radius 2 is 2.11 bits per heavy atom. The van der Waals surface area contributed by atoms with E-state index in [4.69, 9.17) is 5.73 Å². The first-order valence-corrected chi connectivity index (χ1v) is 6.71. The van der Waals surface area contributed by atoms with Crippen molar-refractivity contribution in [3.8, 4) is 0 Å². The van der Waals surface area contributed by atoms with Crippen molar-refractivity contribution in [1.82, 2.24) is 4.90 Å². The lowest BCUT2D eigenvalue weighted by molar-refractivity contribution is 0.0734. The number of hydrogen-bond acceptors (Lipinski definition) is 2. The van der Waals surface area contributed by atoms with Crippen LogP contribution in [-0.2, 0) is 0 Å². The zero-order valence-electron chi connectivity index (χ0n) is 11.9. The number of nitrogens with zero attached hydrogens (tertiary/aromatic N) is 1. The monoisotopic (exact) mass is 266 g/mol. The Kier molecular flexibility index (Phi) is 5.96. The van der Waals surface area contributed by atoms with Crippen LogP contribution < -0.4 is 5.73 Å². The van der Waals surface area contributed by atoms with E-state index >= 15 is 0 Å². The summed E-state index contributed by atoms with van der Waals surface area (Å²) in [5.41, 5.74) is 6.74. The lowest BCUT2D eigenvalue weighted by Gasteiger charge is -2.25. The van der Waals surface area contributed by atoms with Crippen molar-refractivity contribution in [3.63, 3.8) is 0 Å². The van der Waals surface area contributed by atoms with Gasteiger partial charge in [0.1, 0.15) is 5.82 Å². The summed E-state index contributed by atoms with van der Waals surface area (Å²) in [4.78, 5) is 14.2. The summed E-state index contributed by atoms with van der Waals surface area (Å²) in [5.74, 6) is -0.119. The fourth-order valence-corrected chi connectivity index (χ4v) is 1.99. The molecule has 0 unspecified atom stereocenters. The lowest BCUT2D eigenvalue weighted by atomic mass is 10.1. The van der Waals surface area contributed by atoms with Crippen LogP contribution in [0.15, 0.2) is 18.2 Å². The Labute approximate surface area is 114 Å². The summed E-state index contributed by atoms with van der Waals surface area (Å²) in [7, 11) is 0. The number of aryl methyl sites for hydroxylation is 1. The van der Waals surface area contributed by atoms with Crippen molar-refractivity contribution in [2.45, 2.75) is 27.2 Å². The molecule has 1 aromatic rings. The molecule has 0 aromatic heterocycles. The molecule has 3 nitrogen and oxygen atoms in total. The lowest BCUT2D eigenvalue weighted by Crippen LogP contribution is -2.36. The van der Waals surface area contributed by atoms with E-state index in [1.165, 1.54) is 12.1 Å². The number of hydrogen-bond donors (Lipinski definition) is 1. The van der Waals surface area contributed by atoms with E-state index in [0.717, 1.165) is 12.0 Å². The minimum Gasteiger partial charge on any atom is -0.338 e. The first-order valence-electron chi connectivity index (χ1n) is 6.71. The first-order chi connectivity index (χ1) is 8.95.